The monoisotopic (exact) mass is 256 g/mol. The predicted octanol–water partition coefficient (Wildman–Crippen LogP) is 3.78. The fourth-order valence-corrected chi connectivity index (χ4v) is 2.76. The van der Waals surface area contributed by atoms with Gasteiger partial charge in [-0.15, -0.1) is 0 Å². The van der Waals surface area contributed by atoms with Gasteiger partial charge in [-0.3, -0.25) is 0 Å². The predicted molar refractivity (Wildman–Crippen MR) is 78.2 cm³/mol. The van der Waals surface area contributed by atoms with Crippen LogP contribution < -0.4 is 10.5 Å². The van der Waals surface area contributed by atoms with Crippen LogP contribution in [0.4, 0.5) is 5.69 Å². The SMILES string of the molecule is Nc1ccc2nc(OCC3CCCCC3)ccc2c1. The van der Waals surface area contributed by atoms with Crippen LogP contribution in [0, 0.1) is 5.92 Å². The molecule has 0 spiro atoms. The molecule has 1 aromatic heterocycles. The standard InChI is InChI=1S/C16H20N2O/c17-14-7-8-15-13(10-14)6-9-16(18-15)19-11-12-4-2-1-3-5-12/h6-10,12H,1-5,11,17H2. The number of nitrogens with zero attached hydrogens (tertiary/aromatic N) is 1. The Bertz CT molecular complexity index is 562. The zero-order chi connectivity index (χ0) is 13.1. The van der Waals surface area contributed by atoms with E-state index in [1.165, 1.54) is 32.1 Å². The number of fused-ring (bicyclic) bond motifs is 1. The maximum atomic E-state index is 5.84. The molecule has 1 heterocycles. The molecule has 3 rings (SSSR count). The molecule has 3 heteroatoms. The third-order valence-electron chi connectivity index (χ3n) is 3.88. The number of hydrogen-bond donors (Lipinski definition) is 1. The van der Waals surface area contributed by atoms with E-state index < -0.39 is 0 Å². The summed E-state index contributed by atoms with van der Waals surface area (Å²) in [4.78, 5) is 4.52. The normalized spacial score (nSPS) is 16.6. The summed E-state index contributed by atoms with van der Waals surface area (Å²) in [6.07, 6.45) is 6.66. The Morgan fingerprint density at radius 1 is 1.11 bits per heavy atom. The first kappa shape index (κ1) is 12.3. The molecule has 2 aromatic rings. The van der Waals surface area contributed by atoms with Gasteiger partial charge >= 0.3 is 0 Å². The second-order valence-electron chi connectivity index (χ2n) is 5.42. The highest BCUT2D eigenvalue weighted by molar-refractivity contribution is 5.82. The van der Waals surface area contributed by atoms with E-state index in [1.807, 2.05) is 30.3 Å². The number of benzene rings is 1. The van der Waals surface area contributed by atoms with E-state index in [4.69, 9.17) is 10.5 Å². The van der Waals surface area contributed by atoms with Crippen molar-refractivity contribution in [2.45, 2.75) is 32.1 Å². The second-order valence-corrected chi connectivity index (χ2v) is 5.42. The molecule has 0 aliphatic heterocycles. The number of ether oxygens (including phenoxy) is 1. The van der Waals surface area contributed by atoms with Gasteiger partial charge < -0.3 is 10.5 Å². The Labute approximate surface area is 113 Å². The molecule has 0 saturated heterocycles. The number of nitrogens with two attached hydrogens (primary N) is 1. The molecule has 1 saturated carbocycles. The van der Waals surface area contributed by atoms with Gasteiger partial charge in [-0.2, -0.15) is 0 Å². The van der Waals surface area contributed by atoms with Crippen molar-refractivity contribution >= 4 is 16.6 Å². The molecular weight excluding hydrogens is 236 g/mol. The summed E-state index contributed by atoms with van der Waals surface area (Å²) >= 11 is 0. The molecule has 3 nitrogen and oxygen atoms in total. The number of rotatable bonds is 3. The van der Waals surface area contributed by atoms with Crippen molar-refractivity contribution in [3.05, 3.63) is 30.3 Å². The van der Waals surface area contributed by atoms with Crippen LogP contribution in [0.3, 0.4) is 0 Å². The van der Waals surface area contributed by atoms with Crippen LogP contribution in [0.2, 0.25) is 0 Å². The summed E-state index contributed by atoms with van der Waals surface area (Å²) < 4.78 is 5.84. The average Bonchev–Trinajstić information content (AvgIpc) is 2.46. The zero-order valence-electron chi connectivity index (χ0n) is 11.1. The smallest absolute Gasteiger partial charge is 0.213 e. The summed E-state index contributed by atoms with van der Waals surface area (Å²) in [6.45, 7) is 0.799. The van der Waals surface area contributed by atoms with Gasteiger partial charge in [-0.05, 0) is 43.0 Å². The Hall–Kier alpha value is -1.77. The minimum Gasteiger partial charge on any atom is -0.477 e. The Balaban J connectivity index is 1.69. The van der Waals surface area contributed by atoms with E-state index >= 15 is 0 Å². The van der Waals surface area contributed by atoms with E-state index in [9.17, 15) is 0 Å². The van der Waals surface area contributed by atoms with Gasteiger partial charge in [0.15, 0.2) is 0 Å². The number of nitrogen functional groups attached to an aromatic ring is 1. The van der Waals surface area contributed by atoms with Crippen LogP contribution in [0.1, 0.15) is 32.1 Å². The Morgan fingerprint density at radius 3 is 2.79 bits per heavy atom. The molecule has 1 aliphatic rings. The quantitative estimate of drug-likeness (QED) is 0.850. The van der Waals surface area contributed by atoms with E-state index in [1.54, 1.807) is 0 Å². The first-order chi connectivity index (χ1) is 9.31. The summed E-state index contributed by atoms with van der Waals surface area (Å²) in [5.41, 5.74) is 7.47. The summed E-state index contributed by atoms with van der Waals surface area (Å²) in [6, 6.07) is 9.71. The molecule has 0 atom stereocenters. The van der Waals surface area contributed by atoms with Crippen LogP contribution >= 0.6 is 0 Å². The molecule has 1 fully saturated rings. The van der Waals surface area contributed by atoms with E-state index in [2.05, 4.69) is 4.98 Å². The lowest BCUT2D eigenvalue weighted by atomic mass is 9.90. The van der Waals surface area contributed by atoms with Gasteiger partial charge in [0.05, 0.1) is 12.1 Å². The summed E-state index contributed by atoms with van der Waals surface area (Å²) in [5.74, 6) is 1.43. The first-order valence-electron chi connectivity index (χ1n) is 7.10. The highest BCUT2D eigenvalue weighted by Crippen LogP contribution is 2.25. The minimum atomic E-state index is 0.706. The summed E-state index contributed by atoms with van der Waals surface area (Å²) in [7, 11) is 0. The fourth-order valence-electron chi connectivity index (χ4n) is 2.76. The third-order valence-corrected chi connectivity index (χ3v) is 3.88. The molecule has 1 aliphatic carbocycles. The maximum Gasteiger partial charge on any atom is 0.213 e. The van der Waals surface area contributed by atoms with Crippen LogP contribution in [-0.4, -0.2) is 11.6 Å². The van der Waals surface area contributed by atoms with Crippen LogP contribution in [0.5, 0.6) is 5.88 Å². The van der Waals surface area contributed by atoms with Crippen molar-refractivity contribution in [2.75, 3.05) is 12.3 Å². The lowest BCUT2D eigenvalue weighted by molar-refractivity contribution is 0.203. The van der Waals surface area contributed by atoms with Gasteiger partial charge in [0.25, 0.3) is 0 Å². The molecular formula is C16H20N2O. The molecule has 1 aromatic carbocycles. The molecule has 0 amide bonds. The van der Waals surface area contributed by atoms with Crippen molar-refractivity contribution < 1.29 is 4.74 Å². The zero-order valence-corrected chi connectivity index (χ0v) is 11.1. The number of anilines is 1. The minimum absolute atomic E-state index is 0.706. The number of aromatic nitrogens is 1. The highest BCUT2D eigenvalue weighted by atomic mass is 16.5. The van der Waals surface area contributed by atoms with Crippen LogP contribution in [0.25, 0.3) is 10.9 Å². The Kier molecular flexibility index (Phi) is 3.53. The largest absolute Gasteiger partial charge is 0.477 e. The van der Waals surface area contributed by atoms with Crippen molar-refractivity contribution in [2.24, 2.45) is 5.92 Å². The van der Waals surface area contributed by atoms with Crippen LogP contribution in [0.15, 0.2) is 30.3 Å². The van der Waals surface area contributed by atoms with Crippen molar-refractivity contribution in [1.82, 2.24) is 4.98 Å². The lowest BCUT2D eigenvalue weighted by Gasteiger charge is -2.21. The number of hydrogen-bond acceptors (Lipinski definition) is 3. The van der Waals surface area contributed by atoms with Gasteiger partial charge in [-0.1, -0.05) is 19.3 Å². The first-order valence-corrected chi connectivity index (χ1v) is 7.10. The molecule has 0 bridgehead atoms. The molecule has 100 valence electrons. The maximum absolute atomic E-state index is 5.84. The van der Waals surface area contributed by atoms with Crippen molar-refractivity contribution in [1.29, 1.82) is 0 Å². The topological polar surface area (TPSA) is 48.1 Å². The van der Waals surface area contributed by atoms with Gasteiger partial charge in [-0.25, -0.2) is 4.98 Å². The van der Waals surface area contributed by atoms with Gasteiger partial charge in [0.2, 0.25) is 5.88 Å². The number of pyridine rings is 1. The highest BCUT2D eigenvalue weighted by Gasteiger charge is 2.14. The Morgan fingerprint density at radius 2 is 1.95 bits per heavy atom. The van der Waals surface area contributed by atoms with Gasteiger partial charge in [0, 0.05) is 17.1 Å². The molecule has 0 radical (unpaired) electrons. The third kappa shape index (κ3) is 2.98. The van der Waals surface area contributed by atoms with Gasteiger partial charge in [0.1, 0.15) is 0 Å². The van der Waals surface area contributed by atoms with E-state index in [-0.39, 0.29) is 0 Å². The lowest BCUT2D eigenvalue weighted by Crippen LogP contribution is -2.15. The summed E-state index contributed by atoms with van der Waals surface area (Å²) in [5, 5.41) is 1.06. The van der Waals surface area contributed by atoms with Crippen molar-refractivity contribution in [3.8, 4) is 5.88 Å². The molecule has 2 N–H and O–H groups in total. The average molecular weight is 256 g/mol. The molecule has 19 heavy (non-hydrogen) atoms. The van der Waals surface area contributed by atoms with Crippen molar-refractivity contribution in [3.63, 3.8) is 0 Å². The second kappa shape index (κ2) is 5.47. The van der Waals surface area contributed by atoms with E-state index in [0.29, 0.717) is 5.92 Å². The molecule has 0 unspecified atom stereocenters. The fraction of sp³-hybridized carbons (Fsp3) is 0.438. The van der Waals surface area contributed by atoms with E-state index in [0.717, 1.165) is 29.1 Å². The van der Waals surface area contributed by atoms with Crippen LogP contribution in [-0.2, 0) is 0 Å².